The smallest absolute Gasteiger partial charge is 0.221 e. The molecule has 1 saturated carbocycles. The lowest BCUT2D eigenvalue weighted by molar-refractivity contribution is 0.560. The Hall–Kier alpha value is -1.77. The van der Waals surface area contributed by atoms with Crippen molar-refractivity contribution in [3.05, 3.63) is 12.0 Å². The summed E-state index contributed by atoms with van der Waals surface area (Å²) >= 11 is 1.05. The van der Waals surface area contributed by atoms with Crippen molar-refractivity contribution >= 4 is 17.7 Å². The van der Waals surface area contributed by atoms with Gasteiger partial charge in [0.1, 0.15) is 5.03 Å². The summed E-state index contributed by atoms with van der Waals surface area (Å²) in [6.07, 6.45) is 3.13. The molecule has 1 aliphatic rings. The SMILES string of the molecule is Nc1ncc(F)c(Sc2nnnn2C2CC2)n1. The Balaban J connectivity index is 1.90. The summed E-state index contributed by atoms with van der Waals surface area (Å²) in [4.78, 5) is 7.37. The number of tetrazole rings is 1. The standard InChI is InChI=1S/C8H8FN7S/c9-5-3-11-7(10)12-6(5)17-8-13-14-15-16(8)4-1-2-4/h3-4H,1-2H2,(H2,10,11,12). The van der Waals surface area contributed by atoms with Crippen LogP contribution in [0.25, 0.3) is 0 Å². The van der Waals surface area contributed by atoms with Crippen molar-refractivity contribution in [3.8, 4) is 0 Å². The van der Waals surface area contributed by atoms with Crippen molar-refractivity contribution in [2.45, 2.75) is 29.1 Å². The molecule has 1 aliphatic carbocycles. The highest BCUT2D eigenvalue weighted by Crippen LogP contribution is 2.37. The third-order valence-electron chi connectivity index (χ3n) is 2.27. The maximum absolute atomic E-state index is 13.4. The maximum atomic E-state index is 13.4. The predicted molar refractivity (Wildman–Crippen MR) is 56.6 cm³/mol. The molecule has 2 aromatic heterocycles. The van der Waals surface area contributed by atoms with E-state index in [4.69, 9.17) is 5.73 Å². The Labute approximate surface area is 99.6 Å². The Morgan fingerprint density at radius 2 is 2.29 bits per heavy atom. The lowest BCUT2D eigenvalue weighted by Gasteiger charge is -2.02. The summed E-state index contributed by atoms with van der Waals surface area (Å²) in [5, 5.41) is 11.9. The van der Waals surface area contributed by atoms with Gasteiger partial charge in [0.15, 0.2) is 5.82 Å². The average Bonchev–Trinajstić information content (AvgIpc) is 3.05. The quantitative estimate of drug-likeness (QED) is 0.803. The first-order chi connectivity index (χ1) is 8.24. The van der Waals surface area contributed by atoms with E-state index in [1.807, 2.05) is 0 Å². The molecule has 0 atom stereocenters. The zero-order chi connectivity index (χ0) is 11.8. The summed E-state index contributed by atoms with van der Waals surface area (Å²) in [6.45, 7) is 0. The Bertz CT molecular complexity index is 553. The van der Waals surface area contributed by atoms with Gasteiger partial charge in [0.05, 0.1) is 12.2 Å². The number of aromatic nitrogens is 6. The molecule has 0 amide bonds. The highest BCUT2D eigenvalue weighted by Gasteiger charge is 2.28. The number of nitrogen functional groups attached to an aromatic ring is 1. The van der Waals surface area contributed by atoms with Crippen LogP contribution in [0.15, 0.2) is 16.4 Å². The van der Waals surface area contributed by atoms with Crippen LogP contribution in [-0.4, -0.2) is 30.2 Å². The van der Waals surface area contributed by atoms with Gasteiger partial charge in [0.2, 0.25) is 11.1 Å². The van der Waals surface area contributed by atoms with Crippen molar-refractivity contribution in [1.29, 1.82) is 0 Å². The van der Waals surface area contributed by atoms with Crippen LogP contribution in [0.1, 0.15) is 18.9 Å². The monoisotopic (exact) mass is 253 g/mol. The van der Waals surface area contributed by atoms with E-state index in [1.54, 1.807) is 4.68 Å². The van der Waals surface area contributed by atoms with Gasteiger partial charge in [-0.1, -0.05) is 0 Å². The molecule has 0 saturated heterocycles. The average molecular weight is 253 g/mol. The van der Waals surface area contributed by atoms with Crippen molar-refractivity contribution < 1.29 is 4.39 Å². The van der Waals surface area contributed by atoms with E-state index in [0.29, 0.717) is 11.2 Å². The third kappa shape index (κ3) is 2.05. The van der Waals surface area contributed by atoms with E-state index in [9.17, 15) is 4.39 Å². The summed E-state index contributed by atoms with van der Waals surface area (Å²) in [6, 6.07) is 0.328. The number of halogens is 1. The molecule has 7 nitrogen and oxygen atoms in total. The van der Waals surface area contributed by atoms with Crippen LogP contribution in [0.2, 0.25) is 0 Å². The second-order valence-corrected chi connectivity index (χ2v) is 4.58. The molecule has 3 rings (SSSR count). The number of rotatable bonds is 3. The Kier molecular flexibility index (Phi) is 2.39. The molecule has 0 radical (unpaired) electrons. The van der Waals surface area contributed by atoms with Crippen LogP contribution < -0.4 is 5.73 Å². The third-order valence-corrected chi connectivity index (χ3v) is 3.20. The zero-order valence-corrected chi connectivity index (χ0v) is 9.43. The lowest BCUT2D eigenvalue weighted by Crippen LogP contribution is -2.01. The van der Waals surface area contributed by atoms with Crippen molar-refractivity contribution in [2.75, 3.05) is 5.73 Å². The van der Waals surface area contributed by atoms with Crippen LogP contribution in [0, 0.1) is 5.82 Å². The lowest BCUT2D eigenvalue weighted by atomic mass is 10.6. The van der Waals surface area contributed by atoms with Gasteiger partial charge in [-0.25, -0.2) is 19.0 Å². The van der Waals surface area contributed by atoms with Gasteiger partial charge in [-0.05, 0) is 35.0 Å². The molecule has 2 heterocycles. The molecule has 0 bridgehead atoms. The fourth-order valence-electron chi connectivity index (χ4n) is 1.32. The van der Waals surface area contributed by atoms with E-state index in [1.165, 1.54) is 0 Å². The molecule has 1 fully saturated rings. The largest absolute Gasteiger partial charge is 0.368 e. The van der Waals surface area contributed by atoms with Gasteiger partial charge in [-0.3, -0.25) is 0 Å². The molecule has 0 aliphatic heterocycles. The van der Waals surface area contributed by atoms with Crippen LogP contribution in [-0.2, 0) is 0 Å². The van der Waals surface area contributed by atoms with E-state index in [2.05, 4.69) is 25.5 Å². The fraction of sp³-hybridized carbons (Fsp3) is 0.375. The molecule has 2 aromatic rings. The number of anilines is 1. The fourth-order valence-corrected chi connectivity index (χ4v) is 2.14. The van der Waals surface area contributed by atoms with E-state index < -0.39 is 5.82 Å². The van der Waals surface area contributed by atoms with E-state index in [-0.39, 0.29) is 11.0 Å². The number of nitrogens with zero attached hydrogens (tertiary/aromatic N) is 6. The van der Waals surface area contributed by atoms with E-state index in [0.717, 1.165) is 30.8 Å². The maximum Gasteiger partial charge on any atom is 0.221 e. The minimum absolute atomic E-state index is 0.0272. The zero-order valence-electron chi connectivity index (χ0n) is 8.62. The van der Waals surface area contributed by atoms with Gasteiger partial charge in [0, 0.05) is 0 Å². The highest BCUT2D eigenvalue weighted by atomic mass is 32.2. The summed E-state index contributed by atoms with van der Waals surface area (Å²) in [7, 11) is 0. The molecular weight excluding hydrogens is 245 g/mol. The molecule has 0 spiro atoms. The summed E-state index contributed by atoms with van der Waals surface area (Å²) in [5.41, 5.74) is 5.41. The van der Waals surface area contributed by atoms with Crippen molar-refractivity contribution in [1.82, 2.24) is 30.2 Å². The molecule has 17 heavy (non-hydrogen) atoms. The molecular formula is C8H8FN7S. The van der Waals surface area contributed by atoms with Crippen LogP contribution in [0.4, 0.5) is 10.3 Å². The van der Waals surface area contributed by atoms with Crippen LogP contribution in [0.3, 0.4) is 0 Å². The normalized spacial score (nSPS) is 15.1. The molecule has 2 N–H and O–H groups in total. The van der Waals surface area contributed by atoms with Gasteiger partial charge in [-0.2, -0.15) is 0 Å². The number of nitrogens with two attached hydrogens (primary N) is 1. The predicted octanol–water partition coefficient (Wildman–Crippen LogP) is 0.670. The van der Waals surface area contributed by atoms with Gasteiger partial charge in [-0.15, -0.1) is 5.10 Å². The molecule has 0 unspecified atom stereocenters. The molecule has 0 aromatic carbocycles. The van der Waals surface area contributed by atoms with Crippen molar-refractivity contribution in [3.63, 3.8) is 0 Å². The van der Waals surface area contributed by atoms with Gasteiger partial charge < -0.3 is 5.73 Å². The second-order valence-electron chi connectivity index (χ2n) is 3.62. The Morgan fingerprint density at radius 3 is 3.06 bits per heavy atom. The van der Waals surface area contributed by atoms with Gasteiger partial charge in [0.25, 0.3) is 0 Å². The first-order valence-electron chi connectivity index (χ1n) is 4.98. The number of hydrogen-bond acceptors (Lipinski definition) is 7. The summed E-state index contributed by atoms with van der Waals surface area (Å²) < 4.78 is 15.1. The van der Waals surface area contributed by atoms with Crippen LogP contribution in [0.5, 0.6) is 0 Å². The second kappa shape index (κ2) is 3.91. The molecule has 88 valence electrons. The first kappa shape index (κ1) is 10.4. The Morgan fingerprint density at radius 1 is 1.47 bits per heavy atom. The van der Waals surface area contributed by atoms with Crippen molar-refractivity contribution in [2.24, 2.45) is 0 Å². The molecule has 9 heteroatoms. The minimum Gasteiger partial charge on any atom is -0.368 e. The number of hydrogen-bond donors (Lipinski definition) is 1. The van der Waals surface area contributed by atoms with E-state index >= 15 is 0 Å². The van der Waals surface area contributed by atoms with Gasteiger partial charge >= 0.3 is 0 Å². The summed E-state index contributed by atoms with van der Waals surface area (Å²) in [5.74, 6) is -0.506. The topological polar surface area (TPSA) is 95.4 Å². The highest BCUT2D eigenvalue weighted by molar-refractivity contribution is 7.99. The van der Waals surface area contributed by atoms with Crippen LogP contribution >= 0.6 is 11.8 Å². The first-order valence-corrected chi connectivity index (χ1v) is 5.79. The minimum atomic E-state index is -0.533.